The molecule has 4 rings (SSSR count). The van der Waals surface area contributed by atoms with Crippen LogP contribution in [0.25, 0.3) is 10.2 Å². The molecule has 0 bridgehead atoms. The summed E-state index contributed by atoms with van der Waals surface area (Å²) in [6.45, 7) is 2.50. The van der Waals surface area contributed by atoms with Crippen molar-refractivity contribution in [2.45, 2.75) is 48.4 Å². The lowest BCUT2D eigenvalue weighted by atomic mass is 10.0. The summed E-state index contributed by atoms with van der Waals surface area (Å²) in [5, 5.41) is 8.12. The zero-order valence-corrected chi connectivity index (χ0v) is 20.3. The Balaban J connectivity index is 1.52. The number of rotatable bonds is 6. The van der Waals surface area contributed by atoms with Gasteiger partial charge in [-0.3, -0.25) is 10.1 Å². The van der Waals surface area contributed by atoms with Crippen LogP contribution in [-0.4, -0.2) is 44.6 Å². The van der Waals surface area contributed by atoms with E-state index in [1.165, 1.54) is 42.5 Å². The molecule has 33 heavy (non-hydrogen) atoms. The average Bonchev–Trinajstić information content (AvgIpc) is 3.20. The van der Waals surface area contributed by atoms with Crippen LogP contribution in [0.3, 0.4) is 0 Å². The number of piperidine rings is 1. The molecular formula is C21H24N4O5S3. The van der Waals surface area contributed by atoms with Gasteiger partial charge in [-0.2, -0.15) is 4.31 Å². The molecule has 1 atom stereocenters. The number of carbonyl (C=O) groups is 1. The maximum Gasteiger partial charge on any atom is 0.257 e. The van der Waals surface area contributed by atoms with Gasteiger partial charge in [-0.15, -0.1) is 0 Å². The Morgan fingerprint density at radius 3 is 2.48 bits per heavy atom. The molecule has 1 amide bonds. The van der Waals surface area contributed by atoms with Gasteiger partial charge < -0.3 is 0 Å². The fourth-order valence-corrected chi connectivity index (χ4v) is 7.20. The number of aromatic nitrogens is 1. The average molecular weight is 509 g/mol. The second-order valence-electron chi connectivity index (χ2n) is 7.85. The minimum absolute atomic E-state index is 0.000495. The van der Waals surface area contributed by atoms with Crippen LogP contribution in [-0.2, 0) is 20.0 Å². The predicted octanol–water partition coefficient (Wildman–Crippen LogP) is 3.15. The molecule has 0 radical (unpaired) electrons. The molecule has 1 fully saturated rings. The monoisotopic (exact) mass is 508 g/mol. The number of nitrogens with zero attached hydrogens (tertiary/aromatic N) is 2. The molecule has 1 unspecified atom stereocenters. The summed E-state index contributed by atoms with van der Waals surface area (Å²) in [6, 6.07) is 10.1. The zero-order chi connectivity index (χ0) is 23.8. The maximum absolute atomic E-state index is 13.1. The van der Waals surface area contributed by atoms with Gasteiger partial charge in [-0.1, -0.05) is 24.7 Å². The van der Waals surface area contributed by atoms with Crippen molar-refractivity contribution >= 4 is 52.6 Å². The van der Waals surface area contributed by atoms with Crippen LogP contribution >= 0.6 is 11.3 Å². The third-order valence-corrected chi connectivity index (χ3v) is 9.49. The Hall–Kier alpha value is -2.38. The zero-order valence-electron chi connectivity index (χ0n) is 17.9. The van der Waals surface area contributed by atoms with Crippen molar-refractivity contribution in [2.75, 3.05) is 11.9 Å². The number of sulfonamides is 2. The number of hydrogen-bond donors (Lipinski definition) is 2. The van der Waals surface area contributed by atoms with E-state index in [-0.39, 0.29) is 26.5 Å². The third-order valence-electron chi connectivity index (χ3n) is 5.68. The molecule has 176 valence electrons. The van der Waals surface area contributed by atoms with Crippen molar-refractivity contribution in [3.8, 4) is 0 Å². The van der Waals surface area contributed by atoms with Crippen LogP contribution in [0.15, 0.2) is 52.3 Å². The van der Waals surface area contributed by atoms with E-state index < -0.39 is 26.0 Å². The number of anilines is 1. The van der Waals surface area contributed by atoms with Crippen molar-refractivity contribution in [2.24, 2.45) is 5.14 Å². The van der Waals surface area contributed by atoms with Gasteiger partial charge in [0.05, 0.1) is 20.0 Å². The quantitative estimate of drug-likeness (QED) is 0.524. The molecule has 2 aromatic carbocycles. The summed E-state index contributed by atoms with van der Waals surface area (Å²) >= 11 is 1.11. The first-order valence-corrected chi connectivity index (χ1v) is 14.3. The fraction of sp³-hybridized carbons (Fsp3) is 0.333. The Morgan fingerprint density at radius 1 is 1.12 bits per heavy atom. The Kier molecular flexibility index (Phi) is 6.56. The lowest BCUT2D eigenvalue weighted by molar-refractivity contribution is 0.102. The Morgan fingerprint density at radius 2 is 1.82 bits per heavy atom. The number of primary sulfonamides is 1. The number of hydrogen-bond acceptors (Lipinski definition) is 7. The number of fused-ring (bicyclic) bond motifs is 1. The summed E-state index contributed by atoms with van der Waals surface area (Å²) in [5.74, 6) is -0.450. The normalized spacial score (nSPS) is 17.8. The topological polar surface area (TPSA) is 140 Å². The Labute approximate surface area is 196 Å². The lowest BCUT2D eigenvalue weighted by Gasteiger charge is -2.34. The van der Waals surface area contributed by atoms with Crippen LogP contribution in [0.5, 0.6) is 0 Å². The molecular weight excluding hydrogens is 484 g/mol. The SMILES string of the molecule is CCC1CCCCN1S(=O)(=O)c1ccc(C(=O)Nc2nc3ccc(S(N)(=O)=O)cc3s2)cc1. The summed E-state index contributed by atoms with van der Waals surface area (Å²) in [5.41, 5.74) is 0.806. The highest BCUT2D eigenvalue weighted by Gasteiger charge is 2.32. The first kappa shape index (κ1) is 23.8. The molecule has 12 heteroatoms. The molecule has 2 heterocycles. The van der Waals surface area contributed by atoms with Crippen LogP contribution in [0.1, 0.15) is 43.0 Å². The number of thiazole rings is 1. The minimum atomic E-state index is -3.84. The molecule has 1 aliphatic rings. The number of nitrogens with two attached hydrogens (primary N) is 1. The van der Waals surface area contributed by atoms with Crippen LogP contribution in [0.4, 0.5) is 5.13 Å². The standard InChI is InChI=1S/C21H24N4O5S3/c1-2-15-5-3-4-12-25(15)33(29,30)16-8-6-14(7-9-16)20(26)24-21-23-18-11-10-17(32(22,27)28)13-19(18)31-21/h6-11,13,15H,2-5,12H2,1H3,(H2,22,27,28)(H,23,24,26). The van der Waals surface area contributed by atoms with E-state index in [1.807, 2.05) is 6.92 Å². The smallest absolute Gasteiger partial charge is 0.257 e. The van der Waals surface area contributed by atoms with Gasteiger partial charge in [0.2, 0.25) is 20.0 Å². The maximum atomic E-state index is 13.1. The highest BCUT2D eigenvalue weighted by Crippen LogP contribution is 2.29. The fourth-order valence-electron chi connectivity index (χ4n) is 3.92. The van der Waals surface area contributed by atoms with Gasteiger partial charge in [0.15, 0.2) is 5.13 Å². The van der Waals surface area contributed by atoms with E-state index in [2.05, 4.69) is 10.3 Å². The van der Waals surface area contributed by atoms with Gasteiger partial charge in [0.25, 0.3) is 5.91 Å². The first-order chi connectivity index (χ1) is 15.6. The lowest BCUT2D eigenvalue weighted by Crippen LogP contribution is -2.43. The summed E-state index contributed by atoms with van der Waals surface area (Å²) < 4.78 is 51.4. The summed E-state index contributed by atoms with van der Waals surface area (Å²) in [6.07, 6.45) is 3.49. The molecule has 0 aliphatic carbocycles. The summed E-state index contributed by atoms with van der Waals surface area (Å²) in [4.78, 5) is 17.1. The van der Waals surface area contributed by atoms with Crippen molar-refractivity contribution in [1.29, 1.82) is 0 Å². The van der Waals surface area contributed by atoms with Crippen LogP contribution in [0, 0.1) is 0 Å². The van der Waals surface area contributed by atoms with Crippen LogP contribution < -0.4 is 10.5 Å². The van der Waals surface area contributed by atoms with Crippen molar-refractivity contribution in [1.82, 2.24) is 9.29 Å². The molecule has 9 nitrogen and oxygen atoms in total. The van der Waals surface area contributed by atoms with Crippen LogP contribution in [0.2, 0.25) is 0 Å². The number of amides is 1. The predicted molar refractivity (Wildman–Crippen MR) is 127 cm³/mol. The van der Waals surface area contributed by atoms with Crippen molar-refractivity contribution in [3.05, 3.63) is 48.0 Å². The first-order valence-electron chi connectivity index (χ1n) is 10.5. The minimum Gasteiger partial charge on any atom is -0.298 e. The second-order valence-corrected chi connectivity index (χ2v) is 12.3. The molecule has 0 spiro atoms. The van der Waals surface area contributed by atoms with Gasteiger partial charge in [0, 0.05) is 18.2 Å². The van der Waals surface area contributed by atoms with Gasteiger partial charge in [0.1, 0.15) is 0 Å². The van der Waals surface area contributed by atoms with Gasteiger partial charge in [-0.05, 0) is 61.7 Å². The Bertz CT molecular complexity index is 1400. The molecule has 3 N–H and O–H groups in total. The van der Waals surface area contributed by atoms with Gasteiger partial charge in [-0.25, -0.2) is 27.0 Å². The van der Waals surface area contributed by atoms with Crippen molar-refractivity contribution in [3.63, 3.8) is 0 Å². The number of benzene rings is 2. The van der Waals surface area contributed by atoms with E-state index in [4.69, 9.17) is 5.14 Å². The molecule has 1 aromatic heterocycles. The number of carbonyl (C=O) groups excluding carboxylic acids is 1. The third kappa shape index (κ3) is 4.94. The van der Waals surface area contributed by atoms with E-state index in [1.54, 1.807) is 4.31 Å². The number of nitrogens with one attached hydrogen (secondary N) is 1. The molecule has 3 aromatic rings. The van der Waals surface area contributed by atoms with Gasteiger partial charge >= 0.3 is 0 Å². The molecule has 0 saturated carbocycles. The largest absolute Gasteiger partial charge is 0.298 e. The van der Waals surface area contributed by atoms with E-state index in [9.17, 15) is 21.6 Å². The van der Waals surface area contributed by atoms with Crippen molar-refractivity contribution < 1.29 is 21.6 Å². The highest BCUT2D eigenvalue weighted by atomic mass is 32.2. The molecule has 1 aliphatic heterocycles. The van der Waals surface area contributed by atoms with E-state index in [0.29, 0.717) is 16.8 Å². The highest BCUT2D eigenvalue weighted by molar-refractivity contribution is 7.89. The summed E-state index contributed by atoms with van der Waals surface area (Å²) in [7, 11) is -7.47. The second kappa shape index (κ2) is 9.11. The van der Waals surface area contributed by atoms with E-state index >= 15 is 0 Å². The van der Waals surface area contributed by atoms with E-state index in [0.717, 1.165) is 37.0 Å². The molecule has 1 saturated heterocycles.